The van der Waals surface area contributed by atoms with Crippen LogP contribution in [0.4, 0.5) is 0 Å². The van der Waals surface area contributed by atoms with Crippen LogP contribution in [-0.4, -0.2) is 19.8 Å². The third kappa shape index (κ3) is 1.98. The molecule has 0 bridgehead atoms. The fourth-order valence-corrected chi connectivity index (χ4v) is 1.49. The van der Waals surface area contributed by atoms with Crippen molar-refractivity contribution in [1.82, 2.24) is 14.8 Å². The SMILES string of the molecule is NC(=S)c1cccn1-c1ccc(Cl)nn1. The summed E-state index contributed by atoms with van der Waals surface area (Å²) in [6.07, 6.45) is 1.81. The molecule has 0 aromatic carbocycles. The van der Waals surface area contributed by atoms with Gasteiger partial charge in [-0.25, -0.2) is 0 Å². The topological polar surface area (TPSA) is 56.7 Å². The Labute approximate surface area is 96.7 Å². The molecule has 76 valence electrons. The Kier molecular flexibility index (Phi) is 2.66. The van der Waals surface area contributed by atoms with E-state index in [2.05, 4.69) is 10.2 Å². The van der Waals surface area contributed by atoms with Crippen LogP contribution in [0.3, 0.4) is 0 Å². The van der Waals surface area contributed by atoms with Gasteiger partial charge in [0.1, 0.15) is 4.99 Å². The molecule has 0 spiro atoms. The van der Waals surface area contributed by atoms with Gasteiger partial charge in [0.2, 0.25) is 0 Å². The zero-order valence-electron chi connectivity index (χ0n) is 7.59. The molecule has 2 heterocycles. The normalized spacial score (nSPS) is 10.2. The lowest BCUT2D eigenvalue weighted by atomic mass is 10.4. The summed E-state index contributed by atoms with van der Waals surface area (Å²) in [6.45, 7) is 0. The molecule has 0 fully saturated rings. The Morgan fingerprint density at radius 2 is 2.13 bits per heavy atom. The molecular weight excluding hydrogens is 232 g/mol. The summed E-state index contributed by atoms with van der Waals surface area (Å²) in [5.41, 5.74) is 6.29. The van der Waals surface area contributed by atoms with Crippen LogP contribution in [0.2, 0.25) is 5.15 Å². The Bertz CT molecular complexity index is 491. The van der Waals surface area contributed by atoms with E-state index in [0.717, 1.165) is 5.69 Å². The van der Waals surface area contributed by atoms with Gasteiger partial charge in [0.05, 0.1) is 5.69 Å². The fourth-order valence-electron chi connectivity index (χ4n) is 1.22. The van der Waals surface area contributed by atoms with E-state index in [1.165, 1.54) is 0 Å². The molecule has 0 aliphatic carbocycles. The number of rotatable bonds is 2. The zero-order chi connectivity index (χ0) is 10.8. The second-order valence-corrected chi connectivity index (χ2v) is 3.67. The first-order valence-electron chi connectivity index (χ1n) is 4.15. The highest BCUT2D eigenvalue weighted by atomic mass is 35.5. The summed E-state index contributed by atoms with van der Waals surface area (Å²) in [5, 5.41) is 8.03. The first kappa shape index (κ1) is 10.1. The molecule has 6 heteroatoms. The van der Waals surface area contributed by atoms with Crippen molar-refractivity contribution in [2.45, 2.75) is 0 Å². The van der Waals surface area contributed by atoms with Crippen LogP contribution in [0.15, 0.2) is 30.5 Å². The van der Waals surface area contributed by atoms with E-state index in [0.29, 0.717) is 16.0 Å². The lowest BCUT2D eigenvalue weighted by Crippen LogP contribution is -2.15. The van der Waals surface area contributed by atoms with E-state index in [-0.39, 0.29) is 0 Å². The van der Waals surface area contributed by atoms with Crippen molar-refractivity contribution in [3.8, 4) is 5.82 Å². The smallest absolute Gasteiger partial charge is 0.159 e. The lowest BCUT2D eigenvalue weighted by Gasteiger charge is -2.05. The predicted octanol–water partition coefficient (Wildman–Crippen LogP) is 1.55. The van der Waals surface area contributed by atoms with Crippen LogP contribution in [0.1, 0.15) is 5.69 Å². The summed E-state index contributed by atoms with van der Waals surface area (Å²) in [6, 6.07) is 7.06. The van der Waals surface area contributed by atoms with Gasteiger partial charge in [-0.05, 0) is 24.3 Å². The molecule has 0 atom stereocenters. The maximum atomic E-state index is 5.64. The minimum atomic E-state index is 0.316. The lowest BCUT2D eigenvalue weighted by molar-refractivity contribution is 0.914. The van der Waals surface area contributed by atoms with E-state index >= 15 is 0 Å². The molecule has 2 rings (SSSR count). The summed E-state index contributed by atoms with van der Waals surface area (Å²) in [4.78, 5) is 0.316. The van der Waals surface area contributed by atoms with E-state index in [1.54, 1.807) is 16.7 Å². The molecule has 0 amide bonds. The van der Waals surface area contributed by atoms with Crippen LogP contribution < -0.4 is 5.73 Å². The van der Waals surface area contributed by atoms with Crippen LogP contribution in [0, 0.1) is 0 Å². The molecular formula is C9H7ClN4S. The van der Waals surface area contributed by atoms with Crippen LogP contribution in [0.25, 0.3) is 5.82 Å². The first-order valence-corrected chi connectivity index (χ1v) is 4.94. The van der Waals surface area contributed by atoms with Gasteiger partial charge in [0.15, 0.2) is 11.0 Å². The number of nitrogens with two attached hydrogens (primary N) is 1. The van der Waals surface area contributed by atoms with Crippen molar-refractivity contribution in [3.63, 3.8) is 0 Å². The number of halogens is 1. The maximum Gasteiger partial charge on any atom is 0.159 e. The molecule has 0 aliphatic heterocycles. The van der Waals surface area contributed by atoms with Crippen LogP contribution in [0.5, 0.6) is 0 Å². The molecule has 0 radical (unpaired) electrons. The Morgan fingerprint density at radius 1 is 1.33 bits per heavy atom. The Balaban J connectivity index is 2.49. The van der Waals surface area contributed by atoms with Gasteiger partial charge in [0, 0.05) is 6.20 Å². The molecule has 2 aromatic rings. The van der Waals surface area contributed by atoms with Crippen LogP contribution in [-0.2, 0) is 0 Å². The second-order valence-electron chi connectivity index (χ2n) is 2.84. The molecule has 4 nitrogen and oxygen atoms in total. The molecule has 2 aromatic heterocycles. The summed E-state index contributed by atoms with van der Waals surface area (Å²) >= 11 is 10.6. The molecule has 0 saturated heterocycles. The van der Waals surface area contributed by atoms with Gasteiger partial charge < -0.3 is 5.73 Å². The number of hydrogen-bond acceptors (Lipinski definition) is 3. The quantitative estimate of drug-likeness (QED) is 0.807. The van der Waals surface area contributed by atoms with Crippen molar-refractivity contribution in [1.29, 1.82) is 0 Å². The van der Waals surface area contributed by atoms with E-state index in [9.17, 15) is 0 Å². The van der Waals surface area contributed by atoms with Crippen molar-refractivity contribution < 1.29 is 0 Å². The van der Waals surface area contributed by atoms with E-state index in [1.807, 2.05) is 18.3 Å². The van der Waals surface area contributed by atoms with Crippen molar-refractivity contribution >= 4 is 28.8 Å². The summed E-state index contributed by atoms with van der Waals surface area (Å²) in [7, 11) is 0. The van der Waals surface area contributed by atoms with Crippen LogP contribution >= 0.6 is 23.8 Å². The molecule has 0 saturated carbocycles. The largest absolute Gasteiger partial charge is 0.388 e. The number of aromatic nitrogens is 3. The van der Waals surface area contributed by atoms with Crippen molar-refractivity contribution in [3.05, 3.63) is 41.3 Å². The van der Waals surface area contributed by atoms with Gasteiger partial charge in [-0.3, -0.25) is 4.57 Å². The summed E-state index contributed by atoms with van der Waals surface area (Å²) < 4.78 is 1.76. The maximum absolute atomic E-state index is 5.64. The standard InChI is InChI=1S/C9H7ClN4S/c10-7-3-4-8(13-12-7)14-5-1-2-6(14)9(11)15/h1-5H,(H2,11,15). The van der Waals surface area contributed by atoms with Crippen molar-refractivity contribution in [2.75, 3.05) is 0 Å². The second kappa shape index (κ2) is 3.96. The molecule has 0 aliphatic rings. The Morgan fingerprint density at radius 3 is 2.73 bits per heavy atom. The van der Waals surface area contributed by atoms with Gasteiger partial charge in [-0.2, -0.15) is 0 Å². The average Bonchev–Trinajstić information content (AvgIpc) is 2.67. The molecule has 2 N–H and O–H groups in total. The summed E-state index contributed by atoms with van der Waals surface area (Å²) in [5.74, 6) is 0.632. The van der Waals surface area contributed by atoms with Gasteiger partial charge in [-0.15, -0.1) is 10.2 Å². The highest BCUT2D eigenvalue weighted by Gasteiger charge is 2.06. The van der Waals surface area contributed by atoms with E-state index in [4.69, 9.17) is 29.6 Å². The molecule has 15 heavy (non-hydrogen) atoms. The average molecular weight is 239 g/mol. The third-order valence-electron chi connectivity index (χ3n) is 1.87. The highest BCUT2D eigenvalue weighted by molar-refractivity contribution is 7.80. The Hall–Kier alpha value is -1.46. The number of thiocarbonyl (C=S) groups is 1. The predicted molar refractivity (Wildman–Crippen MR) is 62.3 cm³/mol. The molecule has 0 unspecified atom stereocenters. The minimum absolute atomic E-state index is 0.316. The first-order chi connectivity index (χ1) is 7.18. The van der Waals surface area contributed by atoms with Gasteiger partial charge in [0.25, 0.3) is 0 Å². The third-order valence-corrected chi connectivity index (χ3v) is 2.28. The van der Waals surface area contributed by atoms with Crippen molar-refractivity contribution in [2.24, 2.45) is 5.73 Å². The van der Waals surface area contributed by atoms with Gasteiger partial charge in [-0.1, -0.05) is 23.8 Å². The van der Waals surface area contributed by atoms with E-state index < -0.39 is 0 Å². The fraction of sp³-hybridized carbons (Fsp3) is 0. The zero-order valence-corrected chi connectivity index (χ0v) is 9.16. The number of nitrogens with zero attached hydrogens (tertiary/aromatic N) is 3. The monoisotopic (exact) mass is 238 g/mol. The van der Waals surface area contributed by atoms with Gasteiger partial charge >= 0.3 is 0 Å². The minimum Gasteiger partial charge on any atom is -0.388 e. The highest BCUT2D eigenvalue weighted by Crippen LogP contribution is 2.11. The number of hydrogen-bond donors (Lipinski definition) is 1.